The van der Waals surface area contributed by atoms with Crippen molar-refractivity contribution in [3.63, 3.8) is 0 Å². The van der Waals surface area contributed by atoms with Crippen molar-refractivity contribution in [2.24, 2.45) is 0 Å². The van der Waals surface area contributed by atoms with E-state index >= 15 is 0 Å². The van der Waals surface area contributed by atoms with E-state index in [-0.39, 0.29) is 11.7 Å². The van der Waals surface area contributed by atoms with E-state index in [0.717, 1.165) is 28.2 Å². The van der Waals surface area contributed by atoms with Crippen molar-refractivity contribution < 1.29 is 12.9 Å². The summed E-state index contributed by atoms with van der Waals surface area (Å²) in [7, 11) is 1.66. The van der Waals surface area contributed by atoms with Crippen LogP contribution in [0.15, 0.2) is 72.8 Å². The van der Waals surface area contributed by atoms with Crippen LogP contribution in [0.5, 0.6) is 17.2 Å². The van der Waals surface area contributed by atoms with Crippen molar-refractivity contribution in [1.82, 2.24) is 0 Å². The van der Waals surface area contributed by atoms with Gasteiger partial charge in [0.2, 0.25) is 0 Å². The molecule has 0 aliphatic rings. The van der Waals surface area contributed by atoms with Crippen LogP contribution in [0.25, 0.3) is 0 Å². The third-order valence-electron chi connectivity index (χ3n) is 3.98. The number of ether oxygens (including phenoxy) is 1. The van der Waals surface area contributed by atoms with Crippen LogP contribution in [-0.2, 0) is 0 Å². The maximum absolute atomic E-state index is 9.58. The predicted molar refractivity (Wildman–Crippen MR) is 103 cm³/mol. The molecule has 1 unspecified atom stereocenters. The Morgan fingerprint density at radius 3 is 1.54 bits per heavy atom. The second kappa shape index (κ2) is 7.57. The fraction of sp³-hybridized carbons (Fsp3) is 0.100. The summed E-state index contributed by atoms with van der Waals surface area (Å²) in [5, 5.41) is 9.58. The van der Waals surface area contributed by atoms with Gasteiger partial charge in [-0.2, -0.15) is 0 Å². The van der Waals surface area contributed by atoms with E-state index in [1.54, 1.807) is 19.2 Å². The van der Waals surface area contributed by atoms with Gasteiger partial charge >= 0.3 is 0 Å². The van der Waals surface area contributed by atoms with Crippen LogP contribution in [0.1, 0.15) is 22.6 Å². The summed E-state index contributed by atoms with van der Waals surface area (Å²) in [4.78, 5) is 0. The number of methoxy groups -OCH3 is 1. The molecule has 0 aliphatic carbocycles. The smallest absolute Gasteiger partial charge is 0.192 e. The fourth-order valence-electron chi connectivity index (χ4n) is 2.75. The number of hydrogen-bond donors (Lipinski definition) is 1. The van der Waals surface area contributed by atoms with Gasteiger partial charge in [-0.3, -0.25) is 0 Å². The number of phenols is 1. The maximum Gasteiger partial charge on any atom is 0.192 e. The highest BCUT2D eigenvalue weighted by Gasteiger charge is 2.17. The van der Waals surface area contributed by atoms with Gasteiger partial charge in [0.25, 0.3) is 0 Å². The number of halogens is 1. The van der Waals surface area contributed by atoms with E-state index in [4.69, 9.17) is 7.80 Å². The Hall–Kier alpha value is -2.21. The summed E-state index contributed by atoms with van der Waals surface area (Å²) in [6.45, 7) is 0. The lowest BCUT2D eigenvalue weighted by Crippen LogP contribution is -2.03. The predicted octanol–water partition coefficient (Wildman–Crippen LogP) is 5.31. The summed E-state index contributed by atoms with van der Waals surface area (Å²) in [6.07, 6.45) is 0. The van der Waals surface area contributed by atoms with Crippen LogP contribution in [0, 0.1) is 0 Å². The van der Waals surface area contributed by atoms with Gasteiger partial charge in [0, 0.05) is 5.92 Å². The number of phenolic OH excluding ortho intramolecular Hbond substituents is 1. The Morgan fingerprint density at radius 2 is 1.12 bits per heavy atom. The van der Waals surface area contributed by atoms with Gasteiger partial charge in [0.1, 0.15) is 17.2 Å². The van der Waals surface area contributed by atoms with Crippen LogP contribution >= 0.6 is 23.0 Å². The van der Waals surface area contributed by atoms with Gasteiger partial charge in [-0.25, -0.2) is 0 Å². The lowest BCUT2D eigenvalue weighted by molar-refractivity contribution is 0.414. The molecular weight excluding hydrogens is 415 g/mol. The van der Waals surface area contributed by atoms with E-state index < -0.39 is 0 Å². The molecule has 122 valence electrons. The number of hydrogen-bond acceptors (Lipinski definition) is 3. The largest absolute Gasteiger partial charge is 0.508 e. The highest BCUT2D eigenvalue weighted by atomic mass is 127. The molecule has 0 aliphatic heterocycles. The lowest BCUT2D eigenvalue weighted by Gasteiger charge is -2.19. The minimum absolute atomic E-state index is 0.0692. The molecule has 0 fully saturated rings. The standard InChI is InChI=1S/C20H17IO3/c1-23-18-10-4-15(5-11-18)20(14-2-8-17(22)9-3-14)16-6-12-19(24-21)13-7-16/h2-13,20,22H,1H3. The minimum atomic E-state index is 0.0692. The molecule has 3 aromatic carbocycles. The molecule has 3 aromatic rings. The Labute approximate surface area is 155 Å². The molecule has 0 spiro atoms. The molecule has 0 radical (unpaired) electrons. The average Bonchev–Trinajstić information content (AvgIpc) is 2.64. The normalized spacial score (nSPS) is 11.8. The SMILES string of the molecule is COc1ccc(C(c2ccc(O)cc2)c2ccc(OI)cc2)cc1. The zero-order valence-electron chi connectivity index (χ0n) is 13.1. The van der Waals surface area contributed by atoms with Crippen LogP contribution in [0.2, 0.25) is 0 Å². The van der Waals surface area contributed by atoms with E-state index in [9.17, 15) is 5.11 Å². The first kappa shape index (κ1) is 16.6. The summed E-state index contributed by atoms with van der Waals surface area (Å²) in [5.41, 5.74) is 3.42. The molecule has 0 bridgehead atoms. The van der Waals surface area contributed by atoms with E-state index in [2.05, 4.69) is 24.3 Å². The summed E-state index contributed by atoms with van der Waals surface area (Å²) < 4.78 is 10.5. The van der Waals surface area contributed by atoms with E-state index in [1.165, 1.54) is 0 Å². The molecule has 3 rings (SSSR count). The lowest BCUT2D eigenvalue weighted by atomic mass is 9.85. The number of aromatic hydroxyl groups is 1. The second-order valence-electron chi connectivity index (χ2n) is 5.44. The average molecular weight is 432 g/mol. The van der Waals surface area contributed by atoms with Gasteiger partial charge in [-0.1, -0.05) is 36.4 Å². The van der Waals surface area contributed by atoms with Crippen molar-refractivity contribution >= 4 is 23.0 Å². The second-order valence-corrected chi connectivity index (χ2v) is 5.88. The first-order valence-corrected chi connectivity index (χ1v) is 8.41. The van der Waals surface area contributed by atoms with Crippen molar-refractivity contribution in [2.75, 3.05) is 7.11 Å². The number of rotatable bonds is 5. The summed E-state index contributed by atoms with van der Waals surface area (Å²) >= 11 is 1.88. The Balaban J connectivity index is 2.06. The van der Waals surface area contributed by atoms with Gasteiger partial charge in [0.05, 0.1) is 7.11 Å². The molecule has 4 heteroatoms. The first-order valence-electron chi connectivity index (χ1n) is 7.52. The molecule has 0 saturated heterocycles. The Kier molecular flexibility index (Phi) is 5.25. The zero-order valence-corrected chi connectivity index (χ0v) is 15.3. The van der Waals surface area contributed by atoms with E-state index in [0.29, 0.717) is 0 Å². The molecule has 24 heavy (non-hydrogen) atoms. The highest BCUT2D eigenvalue weighted by Crippen LogP contribution is 2.34. The molecule has 3 nitrogen and oxygen atoms in total. The monoisotopic (exact) mass is 432 g/mol. The van der Waals surface area contributed by atoms with Gasteiger partial charge < -0.3 is 12.9 Å². The number of benzene rings is 3. The van der Waals surface area contributed by atoms with Crippen molar-refractivity contribution in [2.45, 2.75) is 5.92 Å². The molecule has 1 N–H and O–H groups in total. The molecule has 0 heterocycles. The van der Waals surface area contributed by atoms with Crippen LogP contribution < -0.4 is 7.80 Å². The summed E-state index contributed by atoms with van der Waals surface area (Å²) in [5.74, 6) is 1.98. The minimum Gasteiger partial charge on any atom is -0.508 e. The van der Waals surface area contributed by atoms with Gasteiger partial charge in [-0.15, -0.1) is 0 Å². The van der Waals surface area contributed by atoms with E-state index in [1.807, 2.05) is 59.4 Å². The first-order chi connectivity index (χ1) is 11.7. The van der Waals surface area contributed by atoms with Gasteiger partial charge in [-0.05, 0) is 53.1 Å². The molecule has 0 saturated carbocycles. The third-order valence-corrected chi connectivity index (χ3v) is 4.49. The quantitative estimate of drug-likeness (QED) is 0.439. The fourth-order valence-corrected chi connectivity index (χ4v) is 3.05. The molecule has 0 amide bonds. The molecule has 0 aromatic heterocycles. The topological polar surface area (TPSA) is 38.7 Å². The van der Waals surface area contributed by atoms with Crippen LogP contribution in [-0.4, -0.2) is 12.2 Å². The van der Waals surface area contributed by atoms with Crippen LogP contribution in [0.3, 0.4) is 0 Å². The third kappa shape index (κ3) is 3.64. The van der Waals surface area contributed by atoms with Crippen LogP contribution in [0.4, 0.5) is 0 Å². The molecular formula is C20H17IO3. The van der Waals surface area contributed by atoms with Crippen molar-refractivity contribution in [3.05, 3.63) is 89.5 Å². The Morgan fingerprint density at radius 1 is 0.708 bits per heavy atom. The zero-order chi connectivity index (χ0) is 16.9. The highest BCUT2D eigenvalue weighted by molar-refractivity contribution is 14.1. The summed E-state index contributed by atoms with van der Waals surface area (Å²) in [6, 6.07) is 23.4. The van der Waals surface area contributed by atoms with Gasteiger partial charge in [0.15, 0.2) is 23.0 Å². The Bertz CT molecular complexity index is 733. The van der Waals surface area contributed by atoms with Crippen molar-refractivity contribution in [1.29, 1.82) is 0 Å². The molecule has 1 atom stereocenters. The maximum atomic E-state index is 9.58. The van der Waals surface area contributed by atoms with Crippen molar-refractivity contribution in [3.8, 4) is 17.2 Å².